The molecular formula is C13H14N2O3. The van der Waals surface area contributed by atoms with E-state index >= 15 is 0 Å². The number of nitrogens with zero attached hydrogens (tertiary/aromatic N) is 1. The van der Waals surface area contributed by atoms with E-state index in [0.717, 1.165) is 11.1 Å². The zero-order valence-corrected chi connectivity index (χ0v) is 9.96. The lowest BCUT2D eigenvalue weighted by molar-refractivity contribution is -0.138. The summed E-state index contributed by atoms with van der Waals surface area (Å²) in [6.07, 6.45) is 0.203. The lowest BCUT2D eigenvalue weighted by Gasteiger charge is -2.06. The summed E-state index contributed by atoms with van der Waals surface area (Å²) in [7, 11) is 0. The van der Waals surface area contributed by atoms with Gasteiger partial charge in [0.05, 0.1) is 0 Å². The molecule has 2 rings (SSSR count). The molecule has 1 aromatic carbocycles. The number of nitrogens with two attached hydrogens (primary N) is 1. The van der Waals surface area contributed by atoms with Gasteiger partial charge in [0.2, 0.25) is 0 Å². The molecule has 0 aliphatic rings. The Balaban J connectivity index is 2.36. The van der Waals surface area contributed by atoms with Crippen molar-refractivity contribution in [1.29, 1.82) is 0 Å². The van der Waals surface area contributed by atoms with E-state index in [4.69, 9.17) is 15.4 Å². The van der Waals surface area contributed by atoms with Gasteiger partial charge in [-0.05, 0) is 6.92 Å². The summed E-state index contributed by atoms with van der Waals surface area (Å²) in [6, 6.07) is 8.52. The zero-order chi connectivity index (χ0) is 13.1. The Morgan fingerprint density at radius 2 is 2.11 bits per heavy atom. The van der Waals surface area contributed by atoms with Crippen LogP contribution in [0.5, 0.6) is 0 Å². The Morgan fingerprint density at radius 3 is 2.72 bits per heavy atom. The first-order valence-corrected chi connectivity index (χ1v) is 5.58. The van der Waals surface area contributed by atoms with E-state index in [1.165, 1.54) is 0 Å². The molecule has 3 N–H and O–H groups in total. The Kier molecular flexibility index (Phi) is 3.43. The lowest BCUT2D eigenvalue weighted by Crippen LogP contribution is -2.32. The third-order valence-electron chi connectivity index (χ3n) is 2.77. The SMILES string of the molecule is Cc1onc(-c2ccccc2)c1CC(N)C(=O)O. The van der Waals surface area contributed by atoms with Gasteiger partial charge in [-0.2, -0.15) is 0 Å². The van der Waals surface area contributed by atoms with Crippen molar-refractivity contribution in [2.45, 2.75) is 19.4 Å². The van der Waals surface area contributed by atoms with E-state index in [-0.39, 0.29) is 6.42 Å². The molecule has 0 saturated heterocycles. The first kappa shape index (κ1) is 12.3. The number of carboxylic acids is 1. The van der Waals surface area contributed by atoms with Gasteiger partial charge in [-0.25, -0.2) is 0 Å². The van der Waals surface area contributed by atoms with Crippen LogP contribution in [0, 0.1) is 6.92 Å². The Labute approximate surface area is 104 Å². The lowest BCUT2D eigenvalue weighted by atomic mass is 10.0. The Bertz CT molecular complexity index is 549. The quantitative estimate of drug-likeness (QED) is 0.855. The molecule has 0 amide bonds. The molecule has 5 heteroatoms. The number of aliphatic carboxylic acids is 1. The molecule has 0 radical (unpaired) electrons. The maximum Gasteiger partial charge on any atom is 0.320 e. The molecule has 0 fully saturated rings. The predicted octanol–water partition coefficient (Wildman–Crippen LogP) is 1.60. The highest BCUT2D eigenvalue weighted by Gasteiger charge is 2.20. The Hall–Kier alpha value is -2.14. The standard InChI is InChI=1S/C13H14N2O3/c1-8-10(7-11(14)13(16)17)12(15-18-8)9-5-3-2-4-6-9/h2-6,11H,7,14H2,1H3,(H,16,17). The first-order chi connectivity index (χ1) is 8.59. The van der Waals surface area contributed by atoms with Crippen LogP contribution in [-0.2, 0) is 11.2 Å². The van der Waals surface area contributed by atoms with Crippen molar-refractivity contribution in [3.05, 3.63) is 41.7 Å². The van der Waals surface area contributed by atoms with Crippen LogP contribution in [0.25, 0.3) is 11.3 Å². The van der Waals surface area contributed by atoms with Crippen LogP contribution in [0.3, 0.4) is 0 Å². The molecule has 0 aliphatic carbocycles. The second kappa shape index (κ2) is 5.01. The fourth-order valence-electron chi connectivity index (χ4n) is 1.76. The van der Waals surface area contributed by atoms with E-state index in [1.807, 2.05) is 30.3 Å². The van der Waals surface area contributed by atoms with Crippen molar-refractivity contribution in [3.8, 4) is 11.3 Å². The highest BCUT2D eigenvalue weighted by Crippen LogP contribution is 2.25. The van der Waals surface area contributed by atoms with Crippen LogP contribution in [0.15, 0.2) is 34.9 Å². The monoisotopic (exact) mass is 246 g/mol. The molecule has 18 heavy (non-hydrogen) atoms. The van der Waals surface area contributed by atoms with Gasteiger partial charge in [-0.1, -0.05) is 35.5 Å². The van der Waals surface area contributed by atoms with Gasteiger partial charge in [0.25, 0.3) is 0 Å². The summed E-state index contributed by atoms with van der Waals surface area (Å²) in [5.74, 6) is -0.430. The van der Waals surface area contributed by atoms with Gasteiger partial charge in [0.1, 0.15) is 17.5 Å². The zero-order valence-electron chi connectivity index (χ0n) is 9.96. The topological polar surface area (TPSA) is 89.4 Å². The van der Waals surface area contributed by atoms with Crippen LogP contribution in [0.1, 0.15) is 11.3 Å². The van der Waals surface area contributed by atoms with Gasteiger partial charge in [-0.3, -0.25) is 4.79 Å². The molecule has 0 saturated carbocycles. The number of carboxylic acid groups (broad SMARTS) is 1. The van der Waals surface area contributed by atoms with Crippen LogP contribution in [0.2, 0.25) is 0 Å². The van der Waals surface area contributed by atoms with Crippen molar-refractivity contribution in [2.24, 2.45) is 5.73 Å². The van der Waals surface area contributed by atoms with E-state index < -0.39 is 12.0 Å². The highest BCUT2D eigenvalue weighted by molar-refractivity contribution is 5.74. The summed E-state index contributed by atoms with van der Waals surface area (Å²) in [5, 5.41) is 12.8. The molecule has 0 aliphatic heterocycles. The van der Waals surface area contributed by atoms with Crippen molar-refractivity contribution in [2.75, 3.05) is 0 Å². The van der Waals surface area contributed by atoms with Gasteiger partial charge in [-0.15, -0.1) is 0 Å². The molecule has 2 aromatic rings. The second-order valence-corrected chi connectivity index (χ2v) is 4.08. The third-order valence-corrected chi connectivity index (χ3v) is 2.77. The van der Waals surface area contributed by atoms with Crippen LogP contribution >= 0.6 is 0 Å². The number of hydrogen-bond donors (Lipinski definition) is 2. The molecule has 0 bridgehead atoms. The summed E-state index contributed by atoms with van der Waals surface area (Å²) >= 11 is 0. The minimum Gasteiger partial charge on any atom is -0.480 e. The summed E-state index contributed by atoms with van der Waals surface area (Å²) in [6.45, 7) is 1.75. The number of hydrogen-bond acceptors (Lipinski definition) is 4. The van der Waals surface area contributed by atoms with E-state index in [9.17, 15) is 4.79 Å². The number of aromatic nitrogens is 1. The van der Waals surface area contributed by atoms with Gasteiger partial charge in [0.15, 0.2) is 0 Å². The van der Waals surface area contributed by atoms with Crippen molar-refractivity contribution in [3.63, 3.8) is 0 Å². The molecule has 1 heterocycles. The van der Waals surface area contributed by atoms with Gasteiger partial charge in [0, 0.05) is 17.5 Å². The van der Waals surface area contributed by atoms with E-state index in [1.54, 1.807) is 6.92 Å². The summed E-state index contributed by atoms with van der Waals surface area (Å²) < 4.78 is 5.13. The average molecular weight is 246 g/mol. The molecule has 1 unspecified atom stereocenters. The Morgan fingerprint density at radius 1 is 1.44 bits per heavy atom. The smallest absolute Gasteiger partial charge is 0.320 e. The van der Waals surface area contributed by atoms with Crippen LogP contribution in [0.4, 0.5) is 0 Å². The predicted molar refractivity (Wildman–Crippen MR) is 66.0 cm³/mol. The number of rotatable bonds is 4. The number of benzene rings is 1. The van der Waals surface area contributed by atoms with Crippen LogP contribution in [-0.4, -0.2) is 22.3 Å². The number of aryl methyl sites for hydroxylation is 1. The minimum atomic E-state index is -1.03. The van der Waals surface area contributed by atoms with E-state index in [2.05, 4.69) is 5.16 Å². The molecular weight excluding hydrogens is 232 g/mol. The van der Waals surface area contributed by atoms with Gasteiger partial charge >= 0.3 is 5.97 Å². The normalized spacial score (nSPS) is 12.3. The largest absolute Gasteiger partial charge is 0.480 e. The van der Waals surface area contributed by atoms with Crippen LogP contribution < -0.4 is 5.73 Å². The molecule has 1 atom stereocenters. The third kappa shape index (κ3) is 2.41. The number of carbonyl (C=O) groups is 1. The van der Waals surface area contributed by atoms with Gasteiger partial charge < -0.3 is 15.4 Å². The van der Waals surface area contributed by atoms with E-state index in [0.29, 0.717) is 11.5 Å². The van der Waals surface area contributed by atoms with Crippen molar-refractivity contribution < 1.29 is 14.4 Å². The molecule has 1 aromatic heterocycles. The fourth-order valence-corrected chi connectivity index (χ4v) is 1.76. The second-order valence-electron chi connectivity index (χ2n) is 4.08. The molecule has 0 spiro atoms. The first-order valence-electron chi connectivity index (χ1n) is 5.58. The highest BCUT2D eigenvalue weighted by atomic mass is 16.5. The summed E-state index contributed by atoms with van der Waals surface area (Å²) in [4.78, 5) is 10.8. The maximum absolute atomic E-state index is 10.8. The average Bonchev–Trinajstić information content (AvgIpc) is 2.72. The summed E-state index contributed by atoms with van der Waals surface area (Å²) in [5.41, 5.74) is 7.85. The van der Waals surface area contributed by atoms with Crippen molar-refractivity contribution >= 4 is 5.97 Å². The minimum absolute atomic E-state index is 0.203. The maximum atomic E-state index is 10.8. The molecule has 5 nitrogen and oxygen atoms in total. The van der Waals surface area contributed by atoms with Crippen molar-refractivity contribution in [1.82, 2.24) is 5.16 Å². The molecule has 94 valence electrons. The fraction of sp³-hybridized carbons (Fsp3) is 0.231.